The molecule has 0 radical (unpaired) electrons. The van der Waals surface area contributed by atoms with Crippen LogP contribution in [0.4, 0.5) is 0 Å². The molecule has 102 valence electrons. The van der Waals surface area contributed by atoms with Gasteiger partial charge in [0.15, 0.2) is 5.82 Å². The molecule has 1 N–H and O–H groups in total. The van der Waals surface area contributed by atoms with E-state index in [1.807, 2.05) is 18.2 Å². The summed E-state index contributed by atoms with van der Waals surface area (Å²) < 4.78 is 10.2. The number of benzene rings is 1. The van der Waals surface area contributed by atoms with Gasteiger partial charge in [0.1, 0.15) is 0 Å². The average Bonchev–Trinajstić information content (AvgIpc) is 2.84. The van der Waals surface area contributed by atoms with E-state index < -0.39 is 0 Å². The Labute approximate surface area is 113 Å². The third-order valence-electron chi connectivity index (χ3n) is 2.84. The fraction of sp³-hybridized carbons (Fsp3) is 0.429. The first-order valence-corrected chi connectivity index (χ1v) is 6.36. The van der Waals surface area contributed by atoms with Gasteiger partial charge in [-0.15, -0.1) is 0 Å². The van der Waals surface area contributed by atoms with Crippen molar-refractivity contribution in [3.63, 3.8) is 0 Å². The summed E-state index contributed by atoms with van der Waals surface area (Å²) in [7, 11) is 1.71. The molecule has 0 amide bonds. The zero-order valence-electron chi connectivity index (χ0n) is 11.3. The van der Waals surface area contributed by atoms with Crippen molar-refractivity contribution in [2.45, 2.75) is 19.4 Å². The summed E-state index contributed by atoms with van der Waals surface area (Å²) in [6.07, 6.45) is 0.740. The van der Waals surface area contributed by atoms with Crippen LogP contribution in [0.2, 0.25) is 0 Å². The van der Waals surface area contributed by atoms with E-state index in [4.69, 9.17) is 9.26 Å². The van der Waals surface area contributed by atoms with Crippen molar-refractivity contribution in [1.29, 1.82) is 0 Å². The third kappa shape index (κ3) is 4.15. The Hall–Kier alpha value is -1.72. The lowest BCUT2D eigenvalue weighted by Crippen LogP contribution is -2.27. The molecule has 0 bridgehead atoms. The van der Waals surface area contributed by atoms with Gasteiger partial charge in [-0.2, -0.15) is 4.98 Å². The second-order valence-electron chi connectivity index (χ2n) is 4.35. The maximum atomic E-state index is 5.25. The minimum Gasteiger partial charge on any atom is -0.383 e. The van der Waals surface area contributed by atoms with Crippen LogP contribution < -0.4 is 5.32 Å². The summed E-state index contributed by atoms with van der Waals surface area (Å²) in [5.41, 5.74) is 1.22. The minimum atomic E-state index is 0.180. The van der Waals surface area contributed by atoms with E-state index in [2.05, 4.69) is 27.6 Å². The molecule has 1 aromatic carbocycles. The van der Waals surface area contributed by atoms with Gasteiger partial charge in [-0.3, -0.25) is 0 Å². The van der Waals surface area contributed by atoms with Gasteiger partial charge in [0.05, 0.1) is 12.6 Å². The fourth-order valence-electron chi connectivity index (χ4n) is 1.93. The Morgan fingerprint density at radius 2 is 2.11 bits per heavy atom. The Bertz CT molecular complexity index is 484. The van der Waals surface area contributed by atoms with Crippen LogP contribution in [0.3, 0.4) is 0 Å². The Morgan fingerprint density at radius 1 is 1.32 bits per heavy atom. The summed E-state index contributed by atoms with van der Waals surface area (Å²) >= 11 is 0. The highest BCUT2D eigenvalue weighted by Crippen LogP contribution is 2.12. The standard InChI is InChI=1S/C14H19N3O2/c1-11-16-14(17-19-11)8-9-15-13(10-18-2)12-6-4-3-5-7-12/h3-7,13,15H,8-10H2,1-2H3. The first-order valence-electron chi connectivity index (χ1n) is 6.36. The number of aryl methyl sites for hydroxylation is 1. The summed E-state index contributed by atoms with van der Waals surface area (Å²) in [6, 6.07) is 10.4. The van der Waals surface area contributed by atoms with Crippen molar-refractivity contribution in [1.82, 2.24) is 15.5 Å². The molecule has 19 heavy (non-hydrogen) atoms. The van der Waals surface area contributed by atoms with E-state index in [1.165, 1.54) is 5.56 Å². The largest absolute Gasteiger partial charge is 0.383 e. The van der Waals surface area contributed by atoms with Crippen LogP contribution >= 0.6 is 0 Å². The van der Waals surface area contributed by atoms with E-state index in [-0.39, 0.29) is 6.04 Å². The Balaban J connectivity index is 1.87. The van der Waals surface area contributed by atoms with Crippen LogP contribution in [0.1, 0.15) is 23.3 Å². The molecule has 1 aromatic heterocycles. The van der Waals surface area contributed by atoms with E-state index in [9.17, 15) is 0 Å². The lowest BCUT2D eigenvalue weighted by atomic mass is 10.1. The molecular formula is C14H19N3O2. The van der Waals surface area contributed by atoms with Crippen molar-refractivity contribution < 1.29 is 9.26 Å². The smallest absolute Gasteiger partial charge is 0.223 e. The van der Waals surface area contributed by atoms with Gasteiger partial charge >= 0.3 is 0 Å². The SMILES string of the molecule is COCC(NCCc1noc(C)n1)c1ccccc1. The predicted octanol–water partition coefficient (Wildman–Crippen LogP) is 1.90. The summed E-state index contributed by atoms with van der Waals surface area (Å²) in [5.74, 6) is 1.33. The maximum absolute atomic E-state index is 5.25. The number of rotatable bonds is 7. The van der Waals surface area contributed by atoms with Crippen molar-refractivity contribution in [3.05, 3.63) is 47.6 Å². The quantitative estimate of drug-likeness (QED) is 0.825. The maximum Gasteiger partial charge on any atom is 0.223 e. The number of hydrogen-bond acceptors (Lipinski definition) is 5. The number of ether oxygens (including phenoxy) is 1. The summed E-state index contributed by atoms with van der Waals surface area (Å²) in [4.78, 5) is 4.18. The molecule has 5 heteroatoms. The molecule has 0 aliphatic rings. The normalized spacial score (nSPS) is 12.5. The van der Waals surface area contributed by atoms with Gasteiger partial charge < -0.3 is 14.6 Å². The van der Waals surface area contributed by atoms with Crippen molar-refractivity contribution in [3.8, 4) is 0 Å². The predicted molar refractivity (Wildman–Crippen MR) is 71.8 cm³/mol. The van der Waals surface area contributed by atoms with Crippen molar-refractivity contribution >= 4 is 0 Å². The van der Waals surface area contributed by atoms with Gasteiger partial charge in [0.2, 0.25) is 5.89 Å². The molecule has 0 aliphatic carbocycles. The molecule has 2 aromatic rings. The monoisotopic (exact) mass is 261 g/mol. The van der Waals surface area contributed by atoms with Crippen LogP contribution in [0, 0.1) is 6.92 Å². The van der Waals surface area contributed by atoms with E-state index >= 15 is 0 Å². The molecular weight excluding hydrogens is 242 g/mol. The van der Waals surface area contributed by atoms with Gasteiger partial charge in [-0.05, 0) is 5.56 Å². The summed E-state index contributed by atoms with van der Waals surface area (Å²) in [6.45, 7) is 3.21. The van der Waals surface area contributed by atoms with Gasteiger partial charge in [-0.1, -0.05) is 35.5 Å². The highest BCUT2D eigenvalue weighted by molar-refractivity contribution is 5.18. The number of hydrogen-bond donors (Lipinski definition) is 1. The first-order chi connectivity index (χ1) is 9.29. The molecule has 0 fully saturated rings. The summed E-state index contributed by atoms with van der Waals surface area (Å²) in [5, 5.41) is 7.32. The molecule has 1 atom stereocenters. The van der Waals surface area contributed by atoms with Crippen LogP contribution in [0.25, 0.3) is 0 Å². The highest BCUT2D eigenvalue weighted by Gasteiger charge is 2.10. The zero-order valence-corrected chi connectivity index (χ0v) is 11.3. The van der Waals surface area contributed by atoms with Crippen molar-refractivity contribution in [2.24, 2.45) is 0 Å². The number of methoxy groups -OCH3 is 1. The lowest BCUT2D eigenvalue weighted by Gasteiger charge is -2.17. The van der Waals surface area contributed by atoms with Gasteiger partial charge in [0.25, 0.3) is 0 Å². The Kier molecular flexibility index (Phi) is 5.06. The topological polar surface area (TPSA) is 60.2 Å². The second-order valence-corrected chi connectivity index (χ2v) is 4.35. The van der Waals surface area contributed by atoms with E-state index in [0.717, 1.165) is 18.8 Å². The average molecular weight is 261 g/mol. The van der Waals surface area contributed by atoms with Crippen LogP contribution in [-0.4, -0.2) is 30.4 Å². The van der Waals surface area contributed by atoms with Crippen LogP contribution in [-0.2, 0) is 11.2 Å². The van der Waals surface area contributed by atoms with Gasteiger partial charge in [-0.25, -0.2) is 0 Å². The fourth-order valence-corrected chi connectivity index (χ4v) is 1.93. The number of nitrogens with zero attached hydrogens (tertiary/aromatic N) is 2. The molecule has 0 spiro atoms. The molecule has 0 saturated heterocycles. The van der Waals surface area contributed by atoms with E-state index in [0.29, 0.717) is 12.5 Å². The molecule has 5 nitrogen and oxygen atoms in total. The Morgan fingerprint density at radius 3 is 2.74 bits per heavy atom. The minimum absolute atomic E-state index is 0.180. The van der Waals surface area contributed by atoms with Crippen molar-refractivity contribution in [2.75, 3.05) is 20.3 Å². The van der Waals surface area contributed by atoms with Crippen LogP contribution in [0.5, 0.6) is 0 Å². The lowest BCUT2D eigenvalue weighted by molar-refractivity contribution is 0.167. The highest BCUT2D eigenvalue weighted by atomic mass is 16.5. The van der Waals surface area contributed by atoms with E-state index in [1.54, 1.807) is 14.0 Å². The third-order valence-corrected chi connectivity index (χ3v) is 2.84. The van der Waals surface area contributed by atoms with Gasteiger partial charge in [0, 0.05) is 27.0 Å². The number of aromatic nitrogens is 2. The molecule has 0 saturated carbocycles. The van der Waals surface area contributed by atoms with Crippen LogP contribution in [0.15, 0.2) is 34.9 Å². The molecule has 1 heterocycles. The first kappa shape index (κ1) is 13.7. The second kappa shape index (κ2) is 7.01. The molecule has 2 rings (SSSR count). The number of nitrogens with one attached hydrogen (secondary N) is 1. The molecule has 1 unspecified atom stereocenters. The molecule has 0 aliphatic heterocycles. The zero-order chi connectivity index (χ0) is 13.5.